The Balaban J connectivity index is 1.63. The van der Waals surface area contributed by atoms with E-state index < -0.39 is 0 Å². The standard InChI is InChI=1S/C17H18N4S/c1-21(10-13-7-8-16(18)19-9-13)11-15-12-22-17(20-15)14-5-3-2-4-6-14/h2-9,12H,10-11H2,1H3,(H2,18,19). The third-order valence-corrected chi connectivity index (χ3v) is 4.24. The number of nitrogen functional groups attached to an aromatic ring is 1. The molecule has 0 amide bonds. The van der Waals surface area contributed by atoms with E-state index in [0.717, 1.165) is 29.4 Å². The predicted molar refractivity (Wildman–Crippen MR) is 91.4 cm³/mol. The van der Waals surface area contributed by atoms with Crippen molar-refractivity contribution >= 4 is 17.2 Å². The molecule has 0 saturated heterocycles. The van der Waals surface area contributed by atoms with Crippen LogP contribution in [-0.2, 0) is 13.1 Å². The molecule has 0 unspecified atom stereocenters. The molecule has 0 aliphatic carbocycles. The summed E-state index contributed by atoms with van der Waals surface area (Å²) in [7, 11) is 2.08. The number of hydrogen-bond acceptors (Lipinski definition) is 5. The van der Waals surface area contributed by atoms with Gasteiger partial charge in [-0.3, -0.25) is 4.90 Å². The maximum Gasteiger partial charge on any atom is 0.123 e. The van der Waals surface area contributed by atoms with Crippen molar-refractivity contribution in [3.05, 3.63) is 65.3 Å². The van der Waals surface area contributed by atoms with E-state index in [4.69, 9.17) is 10.7 Å². The molecule has 5 heteroatoms. The second-order valence-corrected chi connectivity index (χ2v) is 6.13. The van der Waals surface area contributed by atoms with Crippen LogP contribution in [0.4, 0.5) is 5.82 Å². The Labute approximate surface area is 134 Å². The molecule has 0 aliphatic heterocycles. The number of anilines is 1. The summed E-state index contributed by atoms with van der Waals surface area (Å²) in [6.07, 6.45) is 1.82. The van der Waals surface area contributed by atoms with Crippen molar-refractivity contribution in [2.75, 3.05) is 12.8 Å². The highest BCUT2D eigenvalue weighted by atomic mass is 32.1. The third-order valence-electron chi connectivity index (χ3n) is 3.30. The lowest BCUT2D eigenvalue weighted by molar-refractivity contribution is 0.315. The molecule has 1 aromatic carbocycles. The van der Waals surface area contributed by atoms with Crippen LogP contribution < -0.4 is 5.73 Å². The number of benzene rings is 1. The first-order chi connectivity index (χ1) is 10.7. The van der Waals surface area contributed by atoms with Gasteiger partial charge in [0.15, 0.2) is 0 Å². The summed E-state index contributed by atoms with van der Waals surface area (Å²) in [5.41, 5.74) is 9.02. The molecule has 112 valence electrons. The second kappa shape index (κ2) is 6.68. The van der Waals surface area contributed by atoms with Crippen LogP contribution in [0.3, 0.4) is 0 Å². The van der Waals surface area contributed by atoms with Gasteiger partial charge in [-0.05, 0) is 18.7 Å². The van der Waals surface area contributed by atoms with E-state index in [9.17, 15) is 0 Å². The maximum atomic E-state index is 5.61. The Hall–Kier alpha value is -2.24. The average molecular weight is 310 g/mol. The minimum atomic E-state index is 0.554. The fourth-order valence-electron chi connectivity index (χ4n) is 2.27. The number of rotatable bonds is 5. The number of nitrogens with zero attached hydrogens (tertiary/aromatic N) is 3. The summed E-state index contributed by atoms with van der Waals surface area (Å²) in [5.74, 6) is 0.554. The van der Waals surface area contributed by atoms with Crippen LogP contribution in [0.15, 0.2) is 54.0 Å². The monoisotopic (exact) mass is 310 g/mol. The molecule has 3 rings (SSSR count). The average Bonchev–Trinajstić information content (AvgIpc) is 2.99. The Morgan fingerprint density at radius 1 is 1.09 bits per heavy atom. The van der Waals surface area contributed by atoms with Gasteiger partial charge in [-0.1, -0.05) is 36.4 Å². The molecule has 3 aromatic rings. The van der Waals surface area contributed by atoms with Gasteiger partial charge in [0.25, 0.3) is 0 Å². The Morgan fingerprint density at radius 3 is 2.64 bits per heavy atom. The summed E-state index contributed by atoms with van der Waals surface area (Å²) in [6.45, 7) is 1.64. The topological polar surface area (TPSA) is 55.0 Å². The van der Waals surface area contributed by atoms with Crippen LogP contribution in [0.25, 0.3) is 10.6 Å². The molecule has 0 atom stereocenters. The molecule has 0 spiro atoms. The zero-order valence-corrected chi connectivity index (χ0v) is 13.3. The lowest BCUT2D eigenvalue weighted by atomic mass is 10.2. The minimum Gasteiger partial charge on any atom is -0.384 e. The lowest BCUT2D eigenvalue weighted by Crippen LogP contribution is -2.17. The van der Waals surface area contributed by atoms with Crippen LogP contribution in [0, 0.1) is 0 Å². The molecule has 0 fully saturated rings. The highest BCUT2D eigenvalue weighted by Gasteiger charge is 2.07. The minimum absolute atomic E-state index is 0.554. The van der Waals surface area contributed by atoms with Crippen molar-refractivity contribution in [1.29, 1.82) is 0 Å². The quantitative estimate of drug-likeness (QED) is 0.784. The summed E-state index contributed by atoms with van der Waals surface area (Å²) >= 11 is 1.69. The van der Waals surface area contributed by atoms with E-state index in [2.05, 4.69) is 34.4 Å². The number of thiazole rings is 1. The van der Waals surface area contributed by atoms with Crippen LogP contribution in [0.1, 0.15) is 11.3 Å². The number of aromatic nitrogens is 2. The molecule has 0 bridgehead atoms. The third kappa shape index (κ3) is 3.69. The van der Waals surface area contributed by atoms with Gasteiger partial charge in [0, 0.05) is 30.2 Å². The van der Waals surface area contributed by atoms with Gasteiger partial charge < -0.3 is 5.73 Å². The summed E-state index contributed by atoms with van der Waals surface area (Å²) in [5, 5.41) is 3.19. The van der Waals surface area contributed by atoms with Gasteiger partial charge in [-0.25, -0.2) is 9.97 Å². The van der Waals surface area contributed by atoms with Crippen molar-refractivity contribution in [3.8, 4) is 10.6 Å². The van der Waals surface area contributed by atoms with Crippen molar-refractivity contribution in [3.63, 3.8) is 0 Å². The molecule has 2 N–H and O–H groups in total. The van der Waals surface area contributed by atoms with Crippen LogP contribution in [0.2, 0.25) is 0 Å². The van der Waals surface area contributed by atoms with Crippen LogP contribution in [0.5, 0.6) is 0 Å². The van der Waals surface area contributed by atoms with Gasteiger partial charge in [0.05, 0.1) is 5.69 Å². The first kappa shape index (κ1) is 14.7. The first-order valence-corrected chi connectivity index (χ1v) is 7.97. The molecular formula is C17H18N4S. The van der Waals surface area contributed by atoms with Crippen molar-refractivity contribution in [2.45, 2.75) is 13.1 Å². The zero-order valence-electron chi connectivity index (χ0n) is 12.4. The van der Waals surface area contributed by atoms with E-state index in [1.807, 2.05) is 36.5 Å². The molecule has 0 saturated carbocycles. The summed E-state index contributed by atoms with van der Waals surface area (Å²) in [6, 6.07) is 14.1. The smallest absolute Gasteiger partial charge is 0.123 e. The number of nitrogens with two attached hydrogens (primary N) is 1. The van der Waals surface area contributed by atoms with Crippen molar-refractivity contribution in [2.24, 2.45) is 0 Å². The highest BCUT2D eigenvalue weighted by molar-refractivity contribution is 7.13. The fourth-order valence-corrected chi connectivity index (χ4v) is 3.08. The molecule has 4 nitrogen and oxygen atoms in total. The van der Waals surface area contributed by atoms with Gasteiger partial charge in [0.1, 0.15) is 10.8 Å². The van der Waals surface area contributed by atoms with Crippen LogP contribution in [-0.4, -0.2) is 21.9 Å². The van der Waals surface area contributed by atoms with E-state index >= 15 is 0 Å². The SMILES string of the molecule is CN(Cc1ccc(N)nc1)Cc1csc(-c2ccccc2)n1. The predicted octanol–water partition coefficient (Wildman–Crippen LogP) is 3.42. The van der Waals surface area contributed by atoms with Gasteiger partial charge in [-0.15, -0.1) is 11.3 Å². The van der Waals surface area contributed by atoms with Gasteiger partial charge in [-0.2, -0.15) is 0 Å². The Bertz CT molecular complexity index is 722. The molecule has 22 heavy (non-hydrogen) atoms. The first-order valence-electron chi connectivity index (χ1n) is 7.09. The second-order valence-electron chi connectivity index (χ2n) is 5.27. The Morgan fingerprint density at radius 2 is 1.91 bits per heavy atom. The van der Waals surface area contributed by atoms with Gasteiger partial charge in [0.2, 0.25) is 0 Å². The fraction of sp³-hybridized carbons (Fsp3) is 0.176. The Kier molecular flexibility index (Phi) is 4.46. The summed E-state index contributed by atoms with van der Waals surface area (Å²) in [4.78, 5) is 11.1. The maximum absolute atomic E-state index is 5.61. The molecule has 0 radical (unpaired) electrons. The van der Waals surface area contributed by atoms with Crippen molar-refractivity contribution < 1.29 is 0 Å². The highest BCUT2D eigenvalue weighted by Crippen LogP contribution is 2.23. The molecular weight excluding hydrogens is 292 g/mol. The molecule has 2 heterocycles. The molecule has 2 aromatic heterocycles. The summed E-state index contributed by atoms with van der Waals surface area (Å²) < 4.78 is 0. The zero-order chi connectivity index (χ0) is 15.4. The number of pyridine rings is 1. The van der Waals surface area contributed by atoms with Crippen LogP contribution >= 0.6 is 11.3 Å². The van der Waals surface area contributed by atoms with Gasteiger partial charge >= 0.3 is 0 Å². The van der Waals surface area contributed by atoms with E-state index in [1.165, 1.54) is 5.56 Å². The lowest BCUT2D eigenvalue weighted by Gasteiger charge is -2.15. The van der Waals surface area contributed by atoms with E-state index in [0.29, 0.717) is 5.82 Å². The van der Waals surface area contributed by atoms with E-state index in [1.54, 1.807) is 11.3 Å². The van der Waals surface area contributed by atoms with Crippen molar-refractivity contribution in [1.82, 2.24) is 14.9 Å². The number of hydrogen-bond donors (Lipinski definition) is 1. The largest absolute Gasteiger partial charge is 0.384 e. The molecule has 0 aliphatic rings. The normalized spacial score (nSPS) is 11.0. The van der Waals surface area contributed by atoms with E-state index in [-0.39, 0.29) is 0 Å².